The van der Waals surface area contributed by atoms with Gasteiger partial charge in [-0.3, -0.25) is 4.90 Å². The minimum absolute atomic E-state index is 0.109. The zero-order chi connectivity index (χ0) is 13.9. The van der Waals surface area contributed by atoms with Gasteiger partial charge in [0.25, 0.3) is 0 Å². The van der Waals surface area contributed by atoms with E-state index in [0.717, 1.165) is 32.0 Å². The van der Waals surface area contributed by atoms with Gasteiger partial charge in [-0.1, -0.05) is 18.6 Å². The maximum Gasteiger partial charge on any atom is 0.416 e. The molecule has 0 spiro atoms. The normalized spacial score (nSPS) is 19.4. The first-order valence-corrected chi connectivity index (χ1v) is 6.63. The Balaban J connectivity index is 2.22. The first-order valence-electron chi connectivity index (χ1n) is 6.63. The quantitative estimate of drug-likeness (QED) is 0.915. The monoisotopic (exact) mass is 272 g/mol. The molecule has 0 aromatic heterocycles. The number of nitrogens with zero attached hydrogens (tertiary/aromatic N) is 1. The summed E-state index contributed by atoms with van der Waals surface area (Å²) in [7, 11) is 0. The Labute approximate surface area is 111 Å². The molecule has 1 aliphatic heterocycles. The lowest BCUT2D eigenvalue weighted by Crippen LogP contribution is -2.37. The largest absolute Gasteiger partial charge is 0.416 e. The molecule has 0 saturated carbocycles. The van der Waals surface area contributed by atoms with Crippen molar-refractivity contribution in [1.82, 2.24) is 4.90 Å². The van der Waals surface area contributed by atoms with Crippen LogP contribution in [-0.4, -0.2) is 24.5 Å². The molecule has 1 fully saturated rings. The first kappa shape index (κ1) is 14.3. The second kappa shape index (κ2) is 5.92. The predicted molar refractivity (Wildman–Crippen MR) is 68.7 cm³/mol. The summed E-state index contributed by atoms with van der Waals surface area (Å²) in [6.45, 7) is 2.18. The highest BCUT2D eigenvalue weighted by Gasteiger charge is 2.31. The van der Waals surface area contributed by atoms with Gasteiger partial charge >= 0.3 is 6.18 Å². The molecule has 0 bridgehead atoms. The highest BCUT2D eigenvalue weighted by molar-refractivity contribution is 5.28. The average molecular weight is 272 g/mol. The Morgan fingerprint density at radius 3 is 2.42 bits per heavy atom. The van der Waals surface area contributed by atoms with Crippen LogP contribution in [0.4, 0.5) is 13.2 Å². The van der Waals surface area contributed by atoms with Crippen molar-refractivity contribution in [3.63, 3.8) is 0 Å². The van der Waals surface area contributed by atoms with E-state index in [1.165, 1.54) is 18.6 Å². The molecule has 1 aliphatic rings. The van der Waals surface area contributed by atoms with Crippen molar-refractivity contribution >= 4 is 0 Å². The van der Waals surface area contributed by atoms with Crippen LogP contribution in [0.2, 0.25) is 0 Å². The van der Waals surface area contributed by atoms with Crippen LogP contribution in [0.15, 0.2) is 24.3 Å². The van der Waals surface area contributed by atoms with Gasteiger partial charge in [-0.25, -0.2) is 0 Å². The zero-order valence-corrected chi connectivity index (χ0v) is 10.8. The van der Waals surface area contributed by atoms with E-state index in [1.807, 2.05) is 0 Å². The average Bonchev–Trinajstić information content (AvgIpc) is 2.40. The van der Waals surface area contributed by atoms with E-state index in [0.29, 0.717) is 12.1 Å². The maximum atomic E-state index is 12.7. The number of benzene rings is 1. The fourth-order valence-electron chi connectivity index (χ4n) is 2.65. The molecule has 2 rings (SSSR count). The summed E-state index contributed by atoms with van der Waals surface area (Å²) in [4.78, 5) is 2.19. The smallest absolute Gasteiger partial charge is 0.329 e. The van der Waals surface area contributed by atoms with Gasteiger partial charge in [0, 0.05) is 12.6 Å². The summed E-state index contributed by atoms with van der Waals surface area (Å²) in [5.74, 6) is 0. The molecule has 1 aromatic carbocycles. The van der Waals surface area contributed by atoms with Crippen molar-refractivity contribution in [2.75, 3.05) is 19.6 Å². The molecule has 0 amide bonds. The summed E-state index contributed by atoms with van der Waals surface area (Å²) in [6.07, 6.45) is -0.918. The molecular weight excluding hydrogens is 253 g/mol. The standard InChI is InChI=1S/C14H19F3N2/c15-14(16,17)12-6-4-5-11(9-12)13(10-18)19-7-2-1-3-8-19/h4-6,9,13H,1-3,7-8,10,18H2. The molecule has 1 heterocycles. The van der Waals surface area contributed by atoms with Crippen LogP contribution in [-0.2, 0) is 6.18 Å². The number of piperidine rings is 1. The van der Waals surface area contributed by atoms with Crippen molar-refractivity contribution < 1.29 is 13.2 Å². The summed E-state index contributed by atoms with van der Waals surface area (Å²) in [6, 6.07) is 5.42. The lowest BCUT2D eigenvalue weighted by atomic mass is 10.00. The van der Waals surface area contributed by atoms with Crippen LogP contribution in [0.25, 0.3) is 0 Å². The molecule has 5 heteroatoms. The third-order valence-corrected chi connectivity index (χ3v) is 3.65. The van der Waals surface area contributed by atoms with Gasteiger partial charge in [0.15, 0.2) is 0 Å². The number of halogens is 3. The molecule has 1 saturated heterocycles. The van der Waals surface area contributed by atoms with Crippen LogP contribution in [0.3, 0.4) is 0 Å². The van der Waals surface area contributed by atoms with E-state index in [4.69, 9.17) is 5.73 Å². The van der Waals surface area contributed by atoms with Crippen LogP contribution < -0.4 is 5.73 Å². The van der Waals surface area contributed by atoms with Crippen LogP contribution in [0.1, 0.15) is 36.4 Å². The van der Waals surface area contributed by atoms with Crippen molar-refractivity contribution in [3.8, 4) is 0 Å². The van der Waals surface area contributed by atoms with Gasteiger partial charge in [0.2, 0.25) is 0 Å². The number of likely N-dealkylation sites (tertiary alicyclic amines) is 1. The zero-order valence-electron chi connectivity index (χ0n) is 10.8. The maximum absolute atomic E-state index is 12.7. The van der Waals surface area contributed by atoms with E-state index in [-0.39, 0.29) is 6.04 Å². The first-order chi connectivity index (χ1) is 9.02. The SMILES string of the molecule is NCC(c1cccc(C(F)(F)F)c1)N1CCCCC1. The van der Waals surface area contributed by atoms with E-state index < -0.39 is 11.7 Å². The fourth-order valence-corrected chi connectivity index (χ4v) is 2.65. The van der Waals surface area contributed by atoms with Crippen LogP contribution >= 0.6 is 0 Å². The molecule has 2 nitrogen and oxygen atoms in total. The minimum Gasteiger partial charge on any atom is -0.329 e. The third kappa shape index (κ3) is 3.48. The van der Waals surface area contributed by atoms with E-state index in [2.05, 4.69) is 4.90 Å². The van der Waals surface area contributed by atoms with Crippen molar-refractivity contribution in [2.45, 2.75) is 31.5 Å². The Kier molecular flexibility index (Phi) is 4.47. The molecule has 2 N–H and O–H groups in total. The van der Waals surface area contributed by atoms with Gasteiger partial charge in [-0.15, -0.1) is 0 Å². The predicted octanol–water partition coefficient (Wildman–Crippen LogP) is 3.19. The topological polar surface area (TPSA) is 29.3 Å². The van der Waals surface area contributed by atoms with Crippen molar-refractivity contribution in [2.24, 2.45) is 5.73 Å². The van der Waals surface area contributed by atoms with Crippen molar-refractivity contribution in [1.29, 1.82) is 0 Å². The Morgan fingerprint density at radius 1 is 1.16 bits per heavy atom. The molecule has 106 valence electrons. The van der Waals surface area contributed by atoms with Crippen LogP contribution in [0, 0.1) is 0 Å². The molecule has 0 aliphatic carbocycles. The van der Waals surface area contributed by atoms with Gasteiger partial charge in [-0.2, -0.15) is 13.2 Å². The highest BCUT2D eigenvalue weighted by atomic mass is 19.4. The van der Waals surface area contributed by atoms with Gasteiger partial charge < -0.3 is 5.73 Å². The van der Waals surface area contributed by atoms with E-state index in [1.54, 1.807) is 6.07 Å². The summed E-state index contributed by atoms with van der Waals surface area (Å²) in [5.41, 5.74) is 5.84. The number of rotatable bonds is 3. The molecule has 1 atom stereocenters. The highest BCUT2D eigenvalue weighted by Crippen LogP contribution is 2.32. The lowest BCUT2D eigenvalue weighted by Gasteiger charge is -2.34. The molecule has 19 heavy (non-hydrogen) atoms. The van der Waals surface area contributed by atoms with Gasteiger partial charge in [0.1, 0.15) is 0 Å². The summed E-state index contributed by atoms with van der Waals surface area (Å²) in [5, 5.41) is 0. The summed E-state index contributed by atoms with van der Waals surface area (Å²) < 4.78 is 38.2. The van der Waals surface area contributed by atoms with E-state index in [9.17, 15) is 13.2 Å². The Morgan fingerprint density at radius 2 is 1.84 bits per heavy atom. The molecular formula is C14H19F3N2. The van der Waals surface area contributed by atoms with Gasteiger partial charge in [-0.05, 0) is 43.6 Å². The number of hydrogen-bond acceptors (Lipinski definition) is 2. The Bertz CT molecular complexity index is 411. The van der Waals surface area contributed by atoms with Crippen LogP contribution in [0.5, 0.6) is 0 Å². The van der Waals surface area contributed by atoms with Crippen molar-refractivity contribution in [3.05, 3.63) is 35.4 Å². The number of nitrogens with two attached hydrogens (primary N) is 1. The third-order valence-electron chi connectivity index (χ3n) is 3.65. The lowest BCUT2D eigenvalue weighted by molar-refractivity contribution is -0.137. The number of hydrogen-bond donors (Lipinski definition) is 1. The number of alkyl halides is 3. The molecule has 1 unspecified atom stereocenters. The van der Waals surface area contributed by atoms with E-state index >= 15 is 0 Å². The molecule has 0 radical (unpaired) electrons. The molecule has 1 aromatic rings. The minimum atomic E-state index is -4.29. The Hall–Kier alpha value is -1.07. The second-order valence-corrected chi connectivity index (χ2v) is 4.97. The second-order valence-electron chi connectivity index (χ2n) is 4.97. The van der Waals surface area contributed by atoms with Gasteiger partial charge in [0.05, 0.1) is 5.56 Å². The summed E-state index contributed by atoms with van der Waals surface area (Å²) >= 11 is 0. The fraction of sp³-hybridized carbons (Fsp3) is 0.571.